The van der Waals surface area contributed by atoms with Gasteiger partial charge in [-0.25, -0.2) is 0 Å². The topological polar surface area (TPSA) is 108 Å². The van der Waals surface area contributed by atoms with Gasteiger partial charge in [-0.15, -0.1) is 0 Å². The molecule has 0 saturated carbocycles. The van der Waals surface area contributed by atoms with E-state index in [4.69, 9.17) is 9.47 Å². The van der Waals surface area contributed by atoms with Crippen LogP contribution in [0.4, 0.5) is 0 Å². The van der Waals surface area contributed by atoms with Crippen LogP contribution in [0.1, 0.15) is 117 Å². The van der Waals surface area contributed by atoms with Crippen LogP contribution in [0.15, 0.2) is 0 Å². The van der Waals surface area contributed by atoms with Crippen LogP contribution < -0.4 is 5.32 Å². The van der Waals surface area contributed by atoms with Gasteiger partial charge in [-0.05, 0) is 6.42 Å². The molecule has 1 amide bonds. The van der Waals surface area contributed by atoms with Gasteiger partial charge in [0.05, 0.1) is 6.61 Å². The predicted octanol–water partition coefficient (Wildman–Crippen LogP) is 4.21. The van der Waals surface area contributed by atoms with E-state index in [1.165, 1.54) is 96.8 Å². The smallest absolute Gasteiger partial charge is 0.217 e. The molecule has 196 valence electrons. The van der Waals surface area contributed by atoms with Gasteiger partial charge in [0.2, 0.25) is 5.91 Å². The Morgan fingerprint density at radius 3 is 1.67 bits per heavy atom. The van der Waals surface area contributed by atoms with E-state index in [1.54, 1.807) is 0 Å². The first kappa shape index (κ1) is 30.3. The third-order valence-electron chi connectivity index (χ3n) is 6.53. The van der Waals surface area contributed by atoms with Crippen LogP contribution in [0.3, 0.4) is 0 Å². The number of aliphatic hydroxyl groups is 3. The van der Waals surface area contributed by atoms with Gasteiger partial charge in [0.1, 0.15) is 24.4 Å². The Bertz CT molecular complexity index is 478. The van der Waals surface area contributed by atoms with E-state index in [2.05, 4.69) is 12.2 Å². The highest BCUT2D eigenvalue weighted by molar-refractivity contribution is 5.73. The normalized spacial score (nSPS) is 25.3. The monoisotopic (exact) mass is 473 g/mol. The van der Waals surface area contributed by atoms with Crippen molar-refractivity contribution >= 4 is 5.91 Å². The molecule has 1 fully saturated rings. The van der Waals surface area contributed by atoms with Gasteiger partial charge in [-0.2, -0.15) is 0 Å². The van der Waals surface area contributed by atoms with Crippen LogP contribution in [0, 0.1) is 0 Å². The maximum absolute atomic E-state index is 11.4. The molecule has 0 spiro atoms. The molecular formula is C26H51NO6. The fourth-order valence-corrected chi connectivity index (χ4v) is 4.46. The van der Waals surface area contributed by atoms with Gasteiger partial charge in [-0.3, -0.25) is 4.79 Å². The second-order valence-electron chi connectivity index (χ2n) is 9.61. The Hall–Kier alpha value is -0.730. The highest BCUT2D eigenvalue weighted by Crippen LogP contribution is 2.22. The fraction of sp³-hybridized carbons (Fsp3) is 0.962. The average molecular weight is 474 g/mol. The summed E-state index contributed by atoms with van der Waals surface area (Å²) >= 11 is 0. The van der Waals surface area contributed by atoms with Crippen molar-refractivity contribution in [2.75, 3.05) is 13.2 Å². The van der Waals surface area contributed by atoms with E-state index in [0.29, 0.717) is 6.61 Å². The van der Waals surface area contributed by atoms with Gasteiger partial charge < -0.3 is 30.1 Å². The molecule has 0 radical (unpaired) electrons. The lowest BCUT2D eigenvalue weighted by Crippen LogP contribution is -2.64. The number of carbonyl (C=O) groups excluding carboxylic acids is 1. The maximum Gasteiger partial charge on any atom is 0.217 e. The summed E-state index contributed by atoms with van der Waals surface area (Å²) in [6, 6.07) is -0.860. The SMILES string of the molecule is CCCCCCCCCCCCCCCCCCO[C@@H]1O[C@H](CO)[C@@H](O)[C@H](O)[C@H]1NC(C)=O. The molecular weight excluding hydrogens is 422 g/mol. The van der Waals surface area contributed by atoms with Crippen LogP contribution in [-0.4, -0.2) is 65.1 Å². The van der Waals surface area contributed by atoms with Crippen molar-refractivity contribution in [2.45, 2.75) is 147 Å². The number of carbonyl (C=O) groups is 1. The van der Waals surface area contributed by atoms with Crippen LogP contribution in [0.25, 0.3) is 0 Å². The van der Waals surface area contributed by atoms with E-state index in [9.17, 15) is 20.1 Å². The minimum atomic E-state index is -1.28. The van der Waals surface area contributed by atoms with Gasteiger partial charge in [0.25, 0.3) is 0 Å². The fourth-order valence-electron chi connectivity index (χ4n) is 4.46. The van der Waals surface area contributed by atoms with Gasteiger partial charge in [0.15, 0.2) is 6.29 Å². The van der Waals surface area contributed by atoms with Crippen LogP contribution in [0.5, 0.6) is 0 Å². The summed E-state index contributed by atoms with van der Waals surface area (Å²) in [5.74, 6) is -0.340. The summed E-state index contributed by atoms with van der Waals surface area (Å²) in [5, 5.41) is 32.2. The molecule has 4 N–H and O–H groups in total. The first-order valence-corrected chi connectivity index (χ1v) is 13.5. The molecule has 0 unspecified atom stereocenters. The van der Waals surface area contributed by atoms with Gasteiger partial charge in [0, 0.05) is 13.5 Å². The molecule has 7 heteroatoms. The highest BCUT2D eigenvalue weighted by atomic mass is 16.7. The van der Waals surface area contributed by atoms with Crippen molar-refractivity contribution in [3.8, 4) is 0 Å². The Morgan fingerprint density at radius 2 is 1.24 bits per heavy atom. The lowest BCUT2D eigenvalue weighted by atomic mass is 9.97. The Kier molecular flexibility index (Phi) is 18.0. The van der Waals surface area contributed by atoms with Crippen molar-refractivity contribution in [3.05, 3.63) is 0 Å². The largest absolute Gasteiger partial charge is 0.394 e. The molecule has 0 bridgehead atoms. The minimum Gasteiger partial charge on any atom is -0.394 e. The predicted molar refractivity (Wildman–Crippen MR) is 131 cm³/mol. The molecule has 1 heterocycles. The number of unbranched alkanes of at least 4 members (excludes halogenated alkanes) is 15. The Morgan fingerprint density at radius 1 is 0.788 bits per heavy atom. The van der Waals surface area contributed by atoms with E-state index < -0.39 is 37.3 Å². The molecule has 0 aromatic carbocycles. The van der Waals surface area contributed by atoms with Crippen molar-refractivity contribution in [1.82, 2.24) is 5.32 Å². The Balaban J connectivity index is 2.01. The van der Waals surface area contributed by atoms with E-state index in [0.717, 1.165) is 12.8 Å². The van der Waals surface area contributed by atoms with Crippen molar-refractivity contribution in [3.63, 3.8) is 0 Å². The second-order valence-corrected chi connectivity index (χ2v) is 9.61. The average Bonchev–Trinajstić information content (AvgIpc) is 2.80. The van der Waals surface area contributed by atoms with E-state index in [1.807, 2.05) is 0 Å². The molecule has 1 rings (SSSR count). The molecule has 0 aromatic rings. The van der Waals surface area contributed by atoms with Crippen LogP contribution in [0.2, 0.25) is 0 Å². The molecule has 0 aromatic heterocycles. The number of hydrogen-bond donors (Lipinski definition) is 4. The van der Waals surface area contributed by atoms with Crippen molar-refractivity contribution < 1.29 is 29.6 Å². The number of nitrogens with one attached hydrogen (secondary N) is 1. The molecule has 1 aliphatic heterocycles. The lowest BCUT2D eigenvalue weighted by molar-refractivity contribution is -0.270. The van der Waals surface area contributed by atoms with E-state index in [-0.39, 0.29) is 5.91 Å². The molecule has 1 aliphatic rings. The maximum atomic E-state index is 11.4. The number of hydrogen-bond acceptors (Lipinski definition) is 6. The lowest BCUT2D eigenvalue weighted by Gasteiger charge is -2.42. The zero-order valence-electron chi connectivity index (χ0n) is 21.2. The summed E-state index contributed by atoms with van der Waals surface area (Å²) in [4.78, 5) is 11.4. The van der Waals surface area contributed by atoms with Gasteiger partial charge in [-0.1, -0.05) is 103 Å². The zero-order valence-corrected chi connectivity index (χ0v) is 21.2. The minimum absolute atomic E-state index is 0.340. The summed E-state index contributed by atoms with van der Waals surface area (Å²) < 4.78 is 11.3. The quantitative estimate of drug-likeness (QED) is 0.197. The van der Waals surface area contributed by atoms with Gasteiger partial charge >= 0.3 is 0 Å². The molecule has 5 atom stereocenters. The summed E-state index contributed by atoms with van der Waals surface area (Å²) in [6.07, 6.45) is 16.5. The van der Waals surface area contributed by atoms with Crippen LogP contribution >= 0.6 is 0 Å². The number of rotatable bonds is 20. The molecule has 1 saturated heterocycles. The second kappa shape index (κ2) is 19.6. The van der Waals surface area contributed by atoms with Crippen molar-refractivity contribution in [2.24, 2.45) is 0 Å². The molecule has 7 nitrogen and oxygen atoms in total. The molecule has 33 heavy (non-hydrogen) atoms. The summed E-state index contributed by atoms with van der Waals surface area (Å²) in [6.45, 7) is 3.62. The third-order valence-corrected chi connectivity index (χ3v) is 6.53. The third kappa shape index (κ3) is 13.7. The zero-order chi connectivity index (χ0) is 24.3. The highest BCUT2D eigenvalue weighted by Gasteiger charge is 2.45. The standard InChI is InChI=1S/C26H51NO6/c1-3-4-5-6-7-8-9-10-11-12-13-14-15-16-17-18-19-32-26-23(27-21(2)29)25(31)24(30)22(20-28)33-26/h22-26,28,30-31H,3-20H2,1-2H3,(H,27,29)/t22-,23-,24-,25-,26-/m1/s1. The first-order chi connectivity index (χ1) is 16.0. The first-order valence-electron chi connectivity index (χ1n) is 13.5. The van der Waals surface area contributed by atoms with Crippen molar-refractivity contribution in [1.29, 1.82) is 0 Å². The Labute approximate surface area is 201 Å². The summed E-state index contributed by atoms with van der Waals surface area (Å²) in [7, 11) is 0. The van der Waals surface area contributed by atoms with Crippen LogP contribution in [-0.2, 0) is 14.3 Å². The van der Waals surface area contributed by atoms with E-state index >= 15 is 0 Å². The number of ether oxygens (including phenoxy) is 2. The molecule has 0 aliphatic carbocycles. The summed E-state index contributed by atoms with van der Waals surface area (Å²) in [5.41, 5.74) is 0. The number of aliphatic hydroxyl groups excluding tert-OH is 3. The number of amides is 1.